The minimum absolute atomic E-state index is 0.233. The van der Waals surface area contributed by atoms with Crippen LogP contribution in [0, 0.1) is 17.8 Å². The van der Waals surface area contributed by atoms with Crippen LogP contribution in [0.25, 0.3) is 0 Å². The van der Waals surface area contributed by atoms with Gasteiger partial charge in [-0.3, -0.25) is 19.2 Å². The number of rotatable bonds is 19. The molecule has 270 valence electrons. The fraction of sp³-hybridized carbons (Fsp3) is 0.514. The smallest absolute Gasteiger partial charge is 0.326 e. The van der Waals surface area contributed by atoms with Crippen LogP contribution in [-0.4, -0.2) is 71.5 Å². The Balaban J connectivity index is 2.18. The lowest BCUT2D eigenvalue weighted by atomic mass is 9.94. The van der Waals surface area contributed by atoms with E-state index in [1.807, 2.05) is 37.3 Å². The molecular weight excluding hydrogens is 673 g/mol. The zero-order chi connectivity index (χ0) is 36.8. The van der Waals surface area contributed by atoms with Gasteiger partial charge in [-0.2, -0.15) is 0 Å². The molecule has 0 aliphatic rings. The van der Waals surface area contributed by atoms with Gasteiger partial charge in [0.1, 0.15) is 23.9 Å². The van der Waals surface area contributed by atoms with Gasteiger partial charge in [0.25, 0.3) is 5.91 Å². The van der Waals surface area contributed by atoms with Crippen molar-refractivity contribution in [2.45, 2.75) is 91.0 Å². The molecule has 0 saturated carbocycles. The minimum Gasteiger partial charge on any atom is -0.482 e. The first-order valence-electron chi connectivity index (χ1n) is 16.3. The summed E-state index contributed by atoms with van der Waals surface area (Å²) in [5.74, 6) is -4.13. The van der Waals surface area contributed by atoms with E-state index in [-0.39, 0.29) is 41.4 Å². The quantitative estimate of drug-likeness (QED) is 0.127. The molecule has 0 heterocycles. The van der Waals surface area contributed by atoms with Gasteiger partial charge in [0.05, 0.1) is 5.02 Å². The van der Waals surface area contributed by atoms with E-state index in [1.165, 1.54) is 12.1 Å². The van der Waals surface area contributed by atoms with Crippen LogP contribution < -0.4 is 31.7 Å². The Labute approximate surface area is 298 Å². The molecule has 2 aromatic rings. The predicted octanol–water partition coefficient (Wildman–Crippen LogP) is 3.71. The van der Waals surface area contributed by atoms with Crippen LogP contribution in [0.1, 0.15) is 59.9 Å². The average Bonchev–Trinajstić information content (AvgIpc) is 3.03. The Morgan fingerprint density at radius 2 is 1.39 bits per heavy atom. The molecule has 0 bridgehead atoms. The molecule has 0 radical (unpaired) electrons. The van der Waals surface area contributed by atoms with Crippen LogP contribution in [0.5, 0.6) is 5.75 Å². The number of nitrogens with two attached hydrogens (primary N) is 1. The van der Waals surface area contributed by atoms with E-state index >= 15 is 0 Å². The topological polar surface area (TPSA) is 189 Å². The summed E-state index contributed by atoms with van der Waals surface area (Å²) in [6, 6.07) is 9.13. The highest BCUT2D eigenvalue weighted by molar-refractivity contribution is 6.35. The van der Waals surface area contributed by atoms with Crippen LogP contribution in [0.3, 0.4) is 0 Å². The zero-order valence-electron chi connectivity index (χ0n) is 28.8. The van der Waals surface area contributed by atoms with Gasteiger partial charge in [0.15, 0.2) is 6.61 Å². The number of carboxylic acid groups (broad SMARTS) is 1. The first-order chi connectivity index (χ1) is 23.0. The van der Waals surface area contributed by atoms with E-state index in [2.05, 4.69) is 21.3 Å². The third kappa shape index (κ3) is 13.5. The Hall–Kier alpha value is -3.87. The summed E-state index contributed by atoms with van der Waals surface area (Å²) in [4.78, 5) is 64.6. The second kappa shape index (κ2) is 20.0. The summed E-state index contributed by atoms with van der Waals surface area (Å²) in [6.45, 7) is 10.1. The molecule has 0 aliphatic heterocycles. The van der Waals surface area contributed by atoms with Crippen LogP contribution in [0.2, 0.25) is 10.0 Å². The van der Waals surface area contributed by atoms with E-state index in [0.717, 1.165) is 5.56 Å². The number of carbonyl (C=O) groups excluding carboxylic acids is 4. The summed E-state index contributed by atoms with van der Waals surface area (Å²) in [6.07, 6.45) is 0.567. The number of amides is 4. The number of halogens is 2. The monoisotopic (exact) mass is 721 g/mol. The van der Waals surface area contributed by atoms with Crippen molar-refractivity contribution in [2.24, 2.45) is 23.5 Å². The summed E-state index contributed by atoms with van der Waals surface area (Å²) in [5.41, 5.74) is 7.42. The van der Waals surface area contributed by atoms with Crippen molar-refractivity contribution >= 4 is 52.8 Å². The minimum atomic E-state index is -1.17. The van der Waals surface area contributed by atoms with Crippen LogP contribution in [0.15, 0.2) is 48.5 Å². The van der Waals surface area contributed by atoms with E-state index < -0.39 is 66.4 Å². The van der Waals surface area contributed by atoms with Crippen LogP contribution in [-0.2, 0) is 30.4 Å². The van der Waals surface area contributed by atoms with Gasteiger partial charge in [0, 0.05) is 23.5 Å². The highest BCUT2D eigenvalue weighted by atomic mass is 35.5. The number of ether oxygens (including phenoxy) is 1. The predicted molar refractivity (Wildman–Crippen MR) is 189 cm³/mol. The lowest BCUT2D eigenvalue weighted by Gasteiger charge is -2.30. The van der Waals surface area contributed by atoms with Gasteiger partial charge >= 0.3 is 5.97 Å². The van der Waals surface area contributed by atoms with E-state index in [4.69, 9.17) is 33.7 Å². The molecule has 49 heavy (non-hydrogen) atoms. The Morgan fingerprint density at radius 3 is 1.94 bits per heavy atom. The fourth-order valence-corrected chi connectivity index (χ4v) is 5.45. The van der Waals surface area contributed by atoms with Crippen molar-refractivity contribution in [3.63, 3.8) is 0 Å². The van der Waals surface area contributed by atoms with Crippen molar-refractivity contribution in [2.75, 3.05) is 6.61 Å². The van der Waals surface area contributed by atoms with E-state index in [0.29, 0.717) is 11.4 Å². The summed E-state index contributed by atoms with van der Waals surface area (Å²) in [7, 11) is 0. The number of carbonyl (C=O) groups is 5. The Kier molecular flexibility index (Phi) is 16.8. The summed E-state index contributed by atoms with van der Waals surface area (Å²) in [5, 5.41) is 21.1. The highest BCUT2D eigenvalue weighted by Gasteiger charge is 2.33. The molecule has 12 nitrogen and oxygen atoms in total. The maximum absolute atomic E-state index is 13.6. The number of benzene rings is 2. The molecule has 2 rings (SSSR count). The van der Waals surface area contributed by atoms with Gasteiger partial charge in [-0.15, -0.1) is 0 Å². The number of hydrogen-bond donors (Lipinski definition) is 6. The second-order valence-corrected chi connectivity index (χ2v) is 13.7. The summed E-state index contributed by atoms with van der Waals surface area (Å²) < 4.78 is 5.52. The molecule has 0 aliphatic carbocycles. The van der Waals surface area contributed by atoms with Gasteiger partial charge in [0.2, 0.25) is 17.7 Å². The average molecular weight is 723 g/mol. The first-order valence-corrected chi connectivity index (χ1v) is 17.1. The number of nitrogens with one attached hydrogen (secondary N) is 4. The summed E-state index contributed by atoms with van der Waals surface area (Å²) >= 11 is 12.1. The number of carboxylic acids is 1. The molecule has 0 fully saturated rings. The zero-order valence-corrected chi connectivity index (χ0v) is 30.3. The van der Waals surface area contributed by atoms with E-state index in [1.54, 1.807) is 40.7 Å². The third-order valence-corrected chi connectivity index (χ3v) is 8.66. The van der Waals surface area contributed by atoms with Crippen molar-refractivity contribution in [3.05, 3.63) is 64.1 Å². The SMILES string of the molecule is CC[C@H](C)[C@H](NC(=O)C[C@H](N)[C@H](Cc1ccccc1)NC(=O)C(NC(=O)COc1ccc(Cl)cc1Cl)C(C)C)C(=O)NC(C(=O)O)C(C)C. The van der Waals surface area contributed by atoms with Crippen molar-refractivity contribution in [1.82, 2.24) is 21.3 Å². The normalized spacial score (nSPS) is 14.9. The Morgan fingerprint density at radius 1 is 0.796 bits per heavy atom. The van der Waals surface area contributed by atoms with Crippen LogP contribution in [0.4, 0.5) is 0 Å². The highest BCUT2D eigenvalue weighted by Crippen LogP contribution is 2.27. The largest absolute Gasteiger partial charge is 0.482 e. The lowest BCUT2D eigenvalue weighted by molar-refractivity contribution is -0.143. The molecule has 4 amide bonds. The lowest BCUT2D eigenvalue weighted by Crippen LogP contribution is -2.58. The van der Waals surface area contributed by atoms with Gasteiger partial charge < -0.3 is 36.8 Å². The first kappa shape index (κ1) is 41.3. The molecule has 2 aromatic carbocycles. The van der Waals surface area contributed by atoms with Crippen molar-refractivity contribution in [3.8, 4) is 5.75 Å². The van der Waals surface area contributed by atoms with Gasteiger partial charge in [-0.1, -0.05) is 101 Å². The third-order valence-electron chi connectivity index (χ3n) is 8.12. The molecule has 0 aromatic heterocycles. The molecule has 14 heteroatoms. The maximum Gasteiger partial charge on any atom is 0.326 e. The van der Waals surface area contributed by atoms with Gasteiger partial charge in [-0.25, -0.2) is 4.79 Å². The number of aliphatic carboxylic acids is 1. The molecule has 0 spiro atoms. The standard InChI is InChI=1S/C35H49Cl2N5O7/c1-7-21(6)32(34(46)42-31(20(4)5)35(47)48)40-28(43)17-25(38)26(15-22-11-9-8-10-12-22)39-33(45)30(19(2)3)41-29(44)18-49-27-14-13-23(36)16-24(27)37/h8-14,16,19-21,25-26,30-32H,7,15,17-18,38H2,1-6H3,(H,39,45)(H,40,43)(H,41,44)(H,42,46)(H,47,48)/t21-,25-,26-,30?,31?,32-/m0/s1. The molecule has 0 saturated heterocycles. The van der Waals surface area contributed by atoms with Crippen LogP contribution >= 0.6 is 23.2 Å². The molecule has 6 atom stereocenters. The van der Waals surface area contributed by atoms with Gasteiger partial charge in [-0.05, 0) is 47.9 Å². The number of hydrogen-bond acceptors (Lipinski definition) is 7. The fourth-order valence-electron chi connectivity index (χ4n) is 4.98. The Bertz CT molecular complexity index is 1430. The van der Waals surface area contributed by atoms with Crippen molar-refractivity contribution in [1.29, 1.82) is 0 Å². The maximum atomic E-state index is 13.6. The molecule has 7 N–H and O–H groups in total. The second-order valence-electron chi connectivity index (χ2n) is 12.8. The van der Waals surface area contributed by atoms with E-state index in [9.17, 15) is 29.1 Å². The molecular formula is C35H49Cl2N5O7. The van der Waals surface area contributed by atoms with Crippen molar-refractivity contribution < 1.29 is 33.8 Å². The molecule has 2 unspecified atom stereocenters.